The fourth-order valence-electron chi connectivity index (χ4n) is 7.83. The average Bonchev–Trinajstić information content (AvgIpc) is 3.04. The average molecular weight is 330 g/mol. The first-order valence-corrected chi connectivity index (χ1v) is 9.97. The fourth-order valence-corrected chi connectivity index (χ4v) is 7.83. The van der Waals surface area contributed by atoms with Gasteiger partial charge in [0.1, 0.15) is 0 Å². The van der Waals surface area contributed by atoms with E-state index in [0.717, 1.165) is 44.1 Å². The van der Waals surface area contributed by atoms with Crippen LogP contribution in [0.1, 0.15) is 65.2 Å². The van der Waals surface area contributed by atoms with E-state index in [2.05, 4.69) is 6.92 Å². The van der Waals surface area contributed by atoms with Crippen molar-refractivity contribution < 1.29 is 14.6 Å². The Morgan fingerprint density at radius 1 is 1.08 bits per heavy atom. The maximum absolute atomic E-state index is 11.9. The molecule has 0 radical (unpaired) electrons. The highest BCUT2D eigenvalue weighted by Gasteiger charge is 2.67. The van der Waals surface area contributed by atoms with Gasteiger partial charge in [0.15, 0.2) is 11.6 Å². The first-order chi connectivity index (χ1) is 11.4. The maximum atomic E-state index is 11.9. The van der Waals surface area contributed by atoms with Gasteiger partial charge in [-0.05, 0) is 81.1 Å². The van der Waals surface area contributed by atoms with Crippen LogP contribution in [0.5, 0.6) is 0 Å². The van der Waals surface area contributed by atoms with Crippen LogP contribution in [0.15, 0.2) is 11.6 Å². The molecule has 0 aromatic rings. The van der Waals surface area contributed by atoms with Crippen LogP contribution >= 0.6 is 0 Å². The van der Waals surface area contributed by atoms with Crippen LogP contribution in [-0.4, -0.2) is 23.3 Å². The number of carbonyl (C=O) groups excluding carboxylic acids is 1. The number of carbonyl (C=O) groups is 1. The molecule has 1 unspecified atom stereocenters. The number of ether oxygens (including phenoxy) is 1. The van der Waals surface area contributed by atoms with Gasteiger partial charge < -0.3 is 9.84 Å². The molecule has 3 heteroatoms. The summed E-state index contributed by atoms with van der Waals surface area (Å²) in [6, 6.07) is 0. The first-order valence-electron chi connectivity index (χ1n) is 9.97. The third-order valence-corrected chi connectivity index (χ3v) is 8.96. The summed E-state index contributed by atoms with van der Waals surface area (Å²) in [7, 11) is 0. The van der Waals surface area contributed by atoms with Crippen LogP contribution in [0.4, 0.5) is 0 Å². The molecule has 1 N–H and O–H groups in total. The smallest absolute Gasteiger partial charge is 0.166 e. The second-order valence-corrected chi connectivity index (χ2v) is 9.71. The van der Waals surface area contributed by atoms with Crippen molar-refractivity contribution in [2.45, 2.75) is 71.0 Å². The SMILES string of the molecule is CC1(O)OC[C@]23CC[C@H]4[C@@H](CCC5=CC(=O)CC[C@@]54C)[C@@H]2CC[C@H]13. The first kappa shape index (κ1) is 15.6. The fraction of sp³-hybridized carbons (Fsp3) is 0.857. The standard InChI is InChI=1S/C21H30O3/c1-19-9-7-14(22)11-13(19)3-4-15-16(19)8-10-21-12-24-20(2,23)18(21)6-5-17(15)21/h11,15-18,23H,3-10,12H2,1-2H3/t15-,16+,17+,18-,19+,20?,21-/m1/s1. The van der Waals surface area contributed by atoms with Crippen molar-refractivity contribution in [2.24, 2.45) is 34.5 Å². The monoisotopic (exact) mass is 330 g/mol. The number of fused-ring (bicyclic) bond motifs is 4. The van der Waals surface area contributed by atoms with E-state index in [9.17, 15) is 9.90 Å². The Morgan fingerprint density at radius 2 is 1.92 bits per heavy atom. The summed E-state index contributed by atoms with van der Waals surface area (Å²) in [5.74, 6) is 1.96. The van der Waals surface area contributed by atoms with Gasteiger partial charge in [-0.2, -0.15) is 0 Å². The van der Waals surface area contributed by atoms with Gasteiger partial charge in [0, 0.05) is 17.8 Å². The normalized spacial score (nSPS) is 56.1. The van der Waals surface area contributed by atoms with Crippen molar-refractivity contribution in [3.05, 3.63) is 11.6 Å². The zero-order chi connectivity index (χ0) is 16.7. The summed E-state index contributed by atoms with van der Waals surface area (Å²) < 4.78 is 5.89. The van der Waals surface area contributed by atoms with Crippen molar-refractivity contribution in [3.63, 3.8) is 0 Å². The lowest BCUT2D eigenvalue weighted by molar-refractivity contribution is -0.180. The summed E-state index contributed by atoms with van der Waals surface area (Å²) in [4.78, 5) is 11.9. The van der Waals surface area contributed by atoms with E-state index in [1.165, 1.54) is 31.3 Å². The zero-order valence-corrected chi connectivity index (χ0v) is 15.0. The van der Waals surface area contributed by atoms with E-state index in [0.29, 0.717) is 17.6 Å². The molecule has 1 aliphatic heterocycles. The number of aliphatic hydroxyl groups is 1. The Morgan fingerprint density at radius 3 is 2.75 bits per heavy atom. The molecule has 4 fully saturated rings. The van der Waals surface area contributed by atoms with E-state index >= 15 is 0 Å². The Bertz CT molecular complexity index is 621. The third kappa shape index (κ3) is 1.78. The Kier molecular flexibility index (Phi) is 3.07. The number of ketones is 1. The van der Waals surface area contributed by atoms with Gasteiger partial charge in [-0.1, -0.05) is 12.5 Å². The summed E-state index contributed by atoms with van der Waals surface area (Å²) >= 11 is 0. The van der Waals surface area contributed by atoms with Gasteiger partial charge in [0.25, 0.3) is 0 Å². The lowest BCUT2D eigenvalue weighted by Gasteiger charge is -2.57. The van der Waals surface area contributed by atoms with Crippen molar-refractivity contribution >= 4 is 5.78 Å². The largest absolute Gasteiger partial charge is 0.365 e. The van der Waals surface area contributed by atoms with Gasteiger partial charge in [0.2, 0.25) is 0 Å². The number of hydrogen-bond acceptors (Lipinski definition) is 3. The van der Waals surface area contributed by atoms with Gasteiger partial charge in [-0.15, -0.1) is 0 Å². The van der Waals surface area contributed by atoms with Gasteiger partial charge in [-0.25, -0.2) is 0 Å². The molecule has 0 aromatic heterocycles. The molecule has 7 atom stereocenters. The highest BCUT2D eigenvalue weighted by atomic mass is 16.6. The summed E-state index contributed by atoms with van der Waals surface area (Å²) in [6.07, 6.45) is 11.0. The van der Waals surface area contributed by atoms with Gasteiger partial charge in [-0.3, -0.25) is 4.79 Å². The molecule has 1 saturated heterocycles. The zero-order valence-electron chi connectivity index (χ0n) is 15.0. The predicted molar refractivity (Wildman–Crippen MR) is 91.1 cm³/mol. The molecule has 5 aliphatic rings. The number of allylic oxidation sites excluding steroid dienone is 1. The van der Waals surface area contributed by atoms with Crippen LogP contribution in [0.25, 0.3) is 0 Å². The highest BCUT2D eigenvalue weighted by Crippen LogP contribution is 2.69. The molecule has 5 rings (SSSR count). The molecule has 24 heavy (non-hydrogen) atoms. The van der Waals surface area contributed by atoms with Crippen molar-refractivity contribution in [1.29, 1.82) is 0 Å². The topological polar surface area (TPSA) is 46.5 Å². The van der Waals surface area contributed by atoms with Crippen LogP contribution in [-0.2, 0) is 9.53 Å². The minimum Gasteiger partial charge on any atom is -0.365 e. The summed E-state index contributed by atoms with van der Waals surface area (Å²) in [6.45, 7) is 5.08. The minimum atomic E-state index is -0.914. The maximum Gasteiger partial charge on any atom is 0.166 e. The summed E-state index contributed by atoms with van der Waals surface area (Å²) in [5.41, 5.74) is 1.92. The lowest BCUT2D eigenvalue weighted by Crippen LogP contribution is -2.52. The second-order valence-electron chi connectivity index (χ2n) is 9.71. The minimum absolute atomic E-state index is 0.229. The van der Waals surface area contributed by atoms with Crippen LogP contribution in [0.2, 0.25) is 0 Å². The number of hydrogen-bond donors (Lipinski definition) is 1. The van der Waals surface area contributed by atoms with Crippen LogP contribution in [0.3, 0.4) is 0 Å². The quantitative estimate of drug-likeness (QED) is 0.734. The van der Waals surface area contributed by atoms with E-state index < -0.39 is 5.79 Å². The van der Waals surface area contributed by atoms with Crippen molar-refractivity contribution in [2.75, 3.05) is 6.61 Å². The predicted octanol–water partition coefficient (Wildman–Crippen LogP) is 3.85. The van der Waals surface area contributed by atoms with E-state index in [1.807, 2.05) is 13.0 Å². The van der Waals surface area contributed by atoms with Gasteiger partial charge in [0.05, 0.1) is 6.61 Å². The van der Waals surface area contributed by atoms with Crippen molar-refractivity contribution in [3.8, 4) is 0 Å². The molecule has 1 spiro atoms. The third-order valence-electron chi connectivity index (χ3n) is 8.96. The molecular formula is C21H30O3. The Balaban J connectivity index is 1.50. The van der Waals surface area contributed by atoms with Gasteiger partial charge >= 0.3 is 0 Å². The van der Waals surface area contributed by atoms with Crippen LogP contribution < -0.4 is 0 Å². The van der Waals surface area contributed by atoms with E-state index in [1.54, 1.807) is 0 Å². The Hall–Kier alpha value is -0.670. The summed E-state index contributed by atoms with van der Waals surface area (Å²) in [5, 5.41) is 10.7. The molecule has 132 valence electrons. The molecule has 3 saturated carbocycles. The Labute approximate surface area is 144 Å². The molecule has 0 amide bonds. The highest BCUT2D eigenvalue weighted by molar-refractivity contribution is 5.91. The number of rotatable bonds is 0. The molecule has 1 heterocycles. The molecule has 4 aliphatic carbocycles. The van der Waals surface area contributed by atoms with E-state index in [-0.39, 0.29) is 10.8 Å². The molecule has 3 nitrogen and oxygen atoms in total. The molecule has 0 bridgehead atoms. The van der Waals surface area contributed by atoms with E-state index in [4.69, 9.17) is 4.74 Å². The van der Waals surface area contributed by atoms with Crippen molar-refractivity contribution in [1.82, 2.24) is 0 Å². The lowest BCUT2D eigenvalue weighted by atomic mass is 9.46. The molecular weight excluding hydrogens is 300 g/mol. The molecule has 0 aromatic carbocycles. The second kappa shape index (κ2) is 4.73. The van der Waals surface area contributed by atoms with Crippen LogP contribution in [0, 0.1) is 34.5 Å².